The highest BCUT2D eigenvalue weighted by Crippen LogP contribution is 2.34. The van der Waals surface area contributed by atoms with Gasteiger partial charge in [0.05, 0.1) is 19.8 Å². The zero-order valence-corrected chi connectivity index (χ0v) is 7.83. The zero-order chi connectivity index (χ0) is 8.67. The van der Waals surface area contributed by atoms with Crippen LogP contribution in [0.2, 0.25) is 0 Å². The van der Waals surface area contributed by atoms with Gasteiger partial charge in [0.1, 0.15) is 29.2 Å². The second-order valence-corrected chi connectivity index (χ2v) is 4.16. The van der Waals surface area contributed by atoms with Crippen LogP contribution < -0.4 is 0 Å². The van der Waals surface area contributed by atoms with E-state index < -0.39 is 0 Å². The molecule has 2 saturated heterocycles. The van der Waals surface area contributed by atoms with Crippen LogP contribution in [0.4, 0.5) is 0 Å². The SMILES string of the molecule is [C]1=NC2C(OCC3OCCOC32)S1. The molecule has 4 unspecified atom stereocenters. The molecule has 0 N–H and O–H groups in total. The number of nitrogens with zero attached hydrogens (tertiary/aromatic N) is 1. The minimum Gasteiger partial charge on any atom is -0.371 e. The molecular formula is C8H10NO3S. The number of fused-ring (bicyclic) bond motifs is 3. The van der Waals surface area contributed by atoms with Gasteiger partial charge < -0.3 is 14.2 Å². The third-order valence-electron chi connectivity index (χ3n) is 2.50. The molecule has 0 aromatic rings. The summed E-state index contributed by atoms with van der Waals surface area (Å²) in [7, 11) is 0. The lowest BCUT2D eigenvalue weighted by molar-refractivity contribution is -0.198. The van der Waals surface area contributed by atoms with Crippen LogP contribution >= 0.6 is 11.8 Å². The van der Waals surface area contributed by atoms with Crippen LogP contribution in [-0.2, 0) is 14.2 Å². The summed E-state index contributed by atoms with van der Waals surface area (Å²) in [6.45, 7) is 1.96. The smallest absolute Gasteiger partial charge is 0.134 e. The molecule has 3 aliphatic heterocycles. The molecule has 0 saturated carbocycles. The van der Waals surface area contributed by atoms with Crippen molar-refractivity contribution >= 4 is 17.3 Å². The number of hydrogen-bond acceptors (Lipinski definition) is 5. The Labute approximate surface area is 80.6 Å². The minimum absolute atomic E-state index is 0.0687. The topological polar surface area (TPSA) is 40.0 Å². The van der Waals surface area contributed by atoms with Gasteiger partial charge in [-0.2, -0.15) is 0 Å². The van der Waals surface area contributed by atoms with Gasteiger partial charge in [0.2, 0.25) is 0 Å². The number of hydrogen-bond donors (Lipinski definition) is 0. The van der Waals surface area contributed by atoms with Crippen LogP contribution in [0.5, 0.6) is 0 Å². The van der Waals surface area contributed by atoms with Gasteiger partial charge in [0, 0.05) is 0 Å². The van der Waals surface area contributed by atoms with Crippen molar-refractivity contribution in [3.05, 3.63) is 0 Å². The highest BCUT2D eigenvalue weighted by molar-refractivity contribution is 8.12. The molecule has 0 spiro atoms. The second kappa shape index (κ2) is 3.24. The molecule has 5 heteroatoms. The molecule has 0 aliphatic carbocycles. The van der Waals surface area contributed by atoms with Crippen molar-refractivity contribution in [1.82, 2.24) is 0 Å². The number of thioether (sulfide) groups is 1. The predicted molar refractivity (Wildman–Crippen MR) is 48.0 cm³/mol. The fourth-order valence-corrected chi connectivity index (χ4v) is 2.66. The van der Waals surface area contributed by atoms with Crippen molar-refractivity contribution in [3.63, 3.8) is 0 Å². The third-order valence-corrected chi connectivity index (χ3v) is 3.36. The fourth-order valence-electron chi connectivity index (χ4n) is 1.87. The molecule has 1 radical (unpaired) electrons. The number of aliphatic imine (C=N–C) groups is 1. The van der Waals surface area contributed by atoms with Crippen LogP contribution in [0.3, 0.4) is 0 Å². The van der Waals surface area contributed by atoms with Gasteiger partial charge >= 0.3 is 0 Å². The van der Waals surface area contributed by atoms with E-state index in [9.17, 15) is 0 Å². The molecular weight excluding hydrogens is 190 g/mol. The Hall–Kier alpha value is -0.100. The molecule has 71 valence electrons. The fraction of sp³-hybridized carbons (Fsp3) is 0.875. The molecule has 0 aromatic carbocycles. The Morgan fingerprint density at radius 2 is 2.15 bits per heavy atom. The van der Waals surface area contributed by atoms with E-state index in [0.29, 0.717) is 19.8 Å². The standard InChI is InChI=1S/C8H10NO3S/c1-2-11-7-5(10-1)3-12-8-6(7)9-4-13-8/h5-8H,1-3H2. The first-order chi connectivity index (χ1) is 6.45. The number of rotatable bonds is 0. The summed E-state index contributed by atoms with van der Waals surface area (Å²) in [5, 5.41) is 0. The second-order valence-electron chi connectivity index (χ2n) is 3.28. The lowest BCUT2D eigenvalue weighted by Gasteiger charge is -2.40. The minimum atomic E-state index is 0.0687. The van der Waals surface area contributed by atoms with Crippen molar-refractivity contribution in [2.24, 2.45) is 4.99 Å². The molecule has 13 heavy (non-hydrogen) atoms. The van der Waals surface area contributed by atoms with Crippen molar-refractivity contribution in [3.8, 4) is 0 Å². The van der Waals surface area contributed by atoms with Crippen LogP contribution in [-0.4, -0.2) is 49.1 Å². The van der Waals surface area contributed by atoms with Crippen molar-refractivity contribution in [2.45, 2.75) is 23.7 Å². The first kappa shape index (κ1) is 8.23. The normalized spacial score (nSPS) is 48.6. The third kappa shape index (κ3) is 1.30. The largest absolute Gasteiger partial charge is 0.371 e. The maximum atomic E-state index is 5.64. The molecule has 4 nitrogen and oxygen atoms in total. The summed E-state index contributed by atoms with van der Waals surface area (Å²) in [5.41, 5.74) is 2.98. The van der Waals surface area contributed by atoms with Gasteiger partial charge in [-0.05, 0) is 0 Å². The monoisotopic (exact) mass is 200 g/mol. The molecule has 2 fully saturated rings. The molecule has 0 amide bonds. The molecule has 3 rings (SSSR count). The predicted octanol–water partition coefficient (Wildman–Crippen LogP) is 0.147. The quantitative estimate of drug-likeness (QED) is 0.558. The molecule has 3 heterocycles. The van der Waals surface area contributed by atoms with Crippen LogP contribution in [0.15, 0.2) is 4.99 Å². The van der Waals surface area contributed by atoms with Crippen molar-refractivity contribution in [2.75, 3.05) is 19.8 Å². The van der Waals surface area contributed by atoms with E-state index in [-0.39, 0.29) is 23.7 Å². The van der Waals surface area contributed by atoms with E-state index in [0.717, 1.165) is 0 Å². The zero-order valence-electron chi connectivity index (χ0n) is 7.01. The van der Waals surface area contributed by atoms with Crippen molar-refractivity contribution in [1.29, 1.82) is 0 Å². The Kier molecular flexibility index (Phi) is 2.05. The Bertz CT molecular complexity index is 235. The van der Waals surface area contributed by atoms with Crippen LogP contribution in [0, 0.1) is 0 Å². The lowest BCUT2D eigenvalue weighted by atomic mass is 10.0. The molecule has 0 bridgehead atoms. The van der Waals surface area contributed by atoms with Gasteiger partial charge in [0.15, 0.2) is 0 Å². The van der Waals surface area contributed by atoms with E-state index in [2.05, 4.69) is 10.5 Å². The van der Waals surface area contributed by atoms with Gasteiger partial charge in [-0.25, -0.2) is 0 Å². The van der Waals surface area contributed by atoms with Gasteiger partial charge in [-0.1, -0.05) is 11.8 Å². The van der Waals surface area contributed by atoms with E-state index in [4.69, 9.17) is 14.2 Å². The average molecular weight is 200 g/mol. The Balaban J connectivity index is 1.80. The summed E-state index contributed by atoms with van der Waals surface area (Å²) in [5.74, 6) is 0. The summed E-state index contributed by atoms with van der Waals surface area (Å²) in [6, 6.07) is 0.0871. The summed E-state index contributed by atoms with van der Waals surface area (Å²) < 4.78 is 16.8. The van der Waals surface area contributed by atoms with Gasteiger partial charge in [-0.3, -0.25) is 4.99 Å². The summed E-state index contributed by atoms with van der Waals surface area (Å²) in [4.78, 5) is 4.22. The lowest BCUT2D eigenvalue weighted by Crippen LogP contribution is -2.54. The molecule has 3 aliphatic rings. The van der Waals surface area contributed by atoms with E-state index in [1.165, 1.54) is 11.8 Å². The van der Waals surface area contributed by atoms with E-state index >= 15 is 0 Å². The van der Waals surface area contributed by atoms with Gasteiger partial charge in [-0.15, -0.1) is 0 Å². The van der Waals surface area contributed by atoms with Gasteiger partial charge in [0.25, 0.3) is 0 Å². The van der Waals surface area contributed by atoms with Crippen molar-refractivity contribution < 1.29 is 14.2 Å². The summed E-state index contributed by atoms with van der Waals surface area (Å²) >= 11 is 1.51. The molecule has 4 atom stereocenters. The average Bonchev–Trinajstić information content (AvgIpc) is 2.65. The summed E-state index contributed by atoms with van der Waals surface area (Å²) in [6.07, 6.45) is 0.147. The first-order valence-corrected chi connectivity index (χ1v) is 5.28. The van der Waals surface area contributed by atoms with Crippen LogP contribution in [0.25, 0.3) is 0 Å². The highest BCUT2D eigenvalue weighted by atomic mass is 32.2. The maximum absolute atomic E-state index is 5.64. The van der Waals surface area contributed by atoms with E-state index in [1.807, 2.05) is 0 Å². The maximum Gasteiger partial charge on any atom is 0.134 e. The highest BCUT2D eigenvalue weighted by Gasteiger charge is 2.45. The molecule has 0 aromatic heterocycles. The Morgan fingerprint density at radius 3 is 3.15 bits per heavy atom. The number of ether oxygens (including phenoxy) is 3. The Morgan fingerprint density at radius 1 is 1.23 bits per heavy atom. The first-order valence-electron chi connectivity index (χ1n) is 4.40. The van der Waals surface area contributed by atoms with Crippen LogP contribution in [0.1, 0.15) is 0 Å². The van der Waals surface area contributed by atoms with E-state index in [1.54, 1.807) is 0 Å².